The van der Waals surface area contributed by atoms with E-state index in [1.807, 2.05) is 0 Å². The van der Waals surface area contributed by atoms with Gasteiger partial charge in [0.1, 0.15) is 30.5 Å². The Morgan fingerprint density at radius 3 is 1.63 bits per heavy atom. The second kappa shape index (κ2) is 40.1. The Labute approximate surface area is 375 Å². The number of aliphatic hydroxyl groups is 3. The third-order valence-corrected chi connectivity index (χ3v) is 10.8. The Balaban J connectivity index is 2.43. The van der Waals surface area contributed by atoms with Crippen molar-refractivity contribution in [3.63, 3.8) is 0 Å². The summed E-state index contributed by atoms with van der Waals surface area (Å²) in [5.74, 6) is -0.418. The molecule has 1 rings (SSSR count). The lowest BCUT2D eigenvalue weighted by Crippen LogP contribution is -2.60. The van der Waals surface area contributed by atoms with Gasteiger partial charge in [0, 0.05) is 13.0 Å². The van der Waals surface area contributed by atoms with Crippen LogP contribution in [0.2, 0.25) is 0 Å². The molecule has 6 unspecified atom stereocenters. The molecule has 1 heterocycles. The Morgan fingerprint density at radius 1 is 0.629 bits per heavy atom. The second-order valence-electron chi connectivity index (χ2n) is 16.0. The summed E-state index contributed by atoms with van der Waals surface area (Å²) in [5, 5.41) is 30.7. The molecule has 13 heteroatoms. The molecule has 0 amide bonds. The fraction of sp³-hybridized carbons (Fsp3) is 0.735. The molecule has 6 atom stereocenters. The monoisotopic (exact) mass is 897 g/mol. The van der Waals surface area contributed by atoms with Crippen LogP contribution in [0.5, 0.6) is 0 Å². The van der Waals surface area contributed by atoms with E-state index < -0.39 is 59.8 Å². The van der Waals surface area contributed by atoms with E-state index in [-0.39, 0.29) is 19.6 Å². The molecule has 0 saturated carbocycles. The van der Waals surface area contributed by atoms with Crippen LogP contribution in [0.25, 0.3) is 0 Å². The quantitative estimate of drug-likeness (QED) is 0.0198. The number of carbonyl (C=O) groups is 1. The van der Waals surface area contributed by atoms with Crippen molar-refractivity contribution >= 4 is 16.4 Å². The SMILES string of the molecule is CC/C=C\C/C=C\C/C=C\C/C=C\CCCCCOCC(COC1OC(CO)C(O)C(OS(=O)(=O)O)C1O)OC(=O)CCCCCCCCCCC/C=C\C/C=C\CCCCC. The number of unbranched alkanes of at least 4 members (excludes halogenated alkanes) is 15. The van der Waals surface area contributed by atoms with Crippen LogP contribution in [0, 0.1) is 0 Å². The van der Waals surface area contributed by atoms with E-state index in [4.69, 9.17) is 23.5 Å². The first-order valence-corrected chi connectivity index (χ1v) is 25.1. The number of esters is 1. The van der Waals surface area contributed by atoms with Gasteiger partial charge in [0.05, 0.1) is 19.8 Å². The summed E-state index contributed by atoms with van der Waals surface area (Å²) in [5.41, 5.74) is 0. The summed E-state index contributed by atoms with van der Waals surface area (Å²) in [4.78, 5) is 12.9. The van der Waals surface area contributed by atoms with E-state index in [0.29, 0.717) is 13.0 Å². The van der Waals surface area contributed by atoms with Gasteiger partial charge < -0.3 is 34.3 Å². The molecule has 0 aromatic heterocycles. The number of hydrogen-bond acceptors (Lipinski definition) is 11. The maximum atomic E-state index is 12.9. The molecule has 0 bridgehead atoms. The van der Waals surface area contributed by atoms with Gasteiger partial charge in [-0.05, 0) is 83.5 Å². The molecule has 12 nitrogen and oxygen atoms in total. The molecule has 0 spiro atoms. The fourth-order valence-corrected chi connectivity index (χ4v) is 7.26. The van der Waals surface area contributed by atoms with E-state index in [1.54, 1.807) is 0 Å². The molecule has 0 aromatic carbocycles. The third kappa shape index (κ3) is 33.1. The average molecular weight is 897 g/mol. The van der Waals surface area contributed by atoms with Gasteiger partial charge >= 0.3 is 16.4 Å². The summed E-state index contributed by atoms with van der Waals surface area (Å²) in [6.07, 6.45) is 42.2. The van der Waals surface area contributed by atoms with Crippen LogP contribution < -0.4 is 0 Å². The Bertz CT molecular complexity index is 1360. The van der Waals surface area contributed by atoms with Crippen LogP contribution in [-0.2, 0) is 38.3 Å². The first-order valence-electron chi connectivity index (χ1n) is 23.7. The lowest BCUT2D eigenvalue weighted by molar-refractivity contribution is -0.301. The lowest BCUT2D eigenvalue weighted by Gasteiger charge is -2.41. The van der Waals surface area contributed by atoms with Gasteiger partial charge in [-0.1, -0.05) is 151 Å². The van der Waals surface area contributed by atoms with Crippen molar-refractivity contribution in [2.75, 3.05) is 26.4 Å². The zero-order valence-corrected chi connectivity index (χ0v) is 39.0. The fourth-order valence-electron chi connectivity index (χ4n) is 6.75. The molecule has 1 aliphatic rings. The number of ether oxygens (including phenoxy) is 4. The second-order valence-corrected chi connectivity index (χ2v) is 17.0. The van der Waals surface area contributed by atoms with Crippen molar-refractivity contribution in [2.45, 2.75) is 205 Å². The minimum absolute atomic E-state index is 0.00917. The van der Waals surface area contributed by atoms with Crippen molar-refractivity contribution in [3.05, 3.63) is 72.9 Å². The Morgan fingerprint density at radius 2 is 1.11 bits per heavy atom. The molecule has 358 valence electrons. The highest BCUT2D eigenvalue weighted by Gasteiger charge is 2.48. The normalized spacial score (nSPS) is 20.6. The van der Waals surface area contributed by atoms with Crippen molar-refractivity contribution in [2.24, 2.45) is 0 Å². The summed E-state index contributed by atoms with van der Waals surface area (Å²) in [6, 6.07) is 0. The molecule has 0 radical (unpaired) electrons. The van der Waals surface area contributed by atoms with E-state index in [1.165, 1.54) is 57.8 Å². The topological polar surface area (TPSA) is 178 Å². The number of rotatable bonds is 40. The molecular weight excluding hydrogens is 813 g/mol. The molecule has 0 aromatic rings. The summed E-state index contributed by atoms with van der Waals surface area (Å²) in [6.45, 7) is 3.76. The van der Waals surface area contributed by atoms with E-state index in [0.717, 1.165) is 83.5 Å². The zero-order valence-electron chi connectivity index (χ0n) is 38.2. The van der Waals surface area contributed by atoms with Crippen LogP contribution in [0.15, 0.2) is 72.9 Å². The predicted octanol–water partition coefficient (Wildman–Crippen LogP) is 10.3. The highest BCUT2D eigenvalue weighted by atomic mass is 32.3. The summed E-state index contributed by atoms with van der Waals surface area (Å²) >= 11 is 0. The van der Waals surface area contributed by atoms with Crippen molar-refractivity contribution in [1.29, 1.82) is 0 Å². The van der Waals surface area contributed by atoms with Gasteiger partial charge in [0.15, 0.2) is 6.29 Å². The number of aliphatic hydroxyl groups excluding tert-OH is 3. The van der Waals surface area contributed by atoms with Crippen LogP contribution in [0.1, 0.15) is 168 Å². The molecule has 4 N–H and O–H groups in total. The molecule has 1 saturated heterocycles. The van der Waals surface area contributed by atoms with Gasteiger partial charge in [-0.15, -0.1) is 0 Å². The lowest BCUT2D eigenvalue weighted by atomic mass is 9.99. The van der Waals surface area contributed by atoms with Crippen LogP contribution in [0.4, 0.5) is 0 Å². The Hall–Kier alpha value is -2.46. The highest BCUT2D eigenvalue weighted by molar-refractivity contribution is 7.80. The van der Waals surface area contributed by atoms with Crippen molar-refractivity contribution in [3.8, 4) is 0 Å². The predicted molar refractivity (Wildman–Crippen MR) is 248 cm³/mol. The number of allylic oxidation sites excluding steroid dienone is 12. The molecule has 1 fully saturated rings. The van der Waals surface area contributed by atoms with E-state index >= 15 is 0 Å². The average Bonchev–Trinajstić information content (AvgIpc) is 3.24. The van der Waals surface area contributed by atoms with Crippen molar-refractivity contribution < 1.29 is 56.2 Å². The maximum absolute atomic E-state index is 12.9. The van der Waals surface area contributed by atoms with Gasteiger partial charge in [0.25, 0.3) is 0 Å². The van der Waals surface area contributed by atoms with E-state index in [2.05, 4.69) is 90.9 Å². The standard InChI is InChI=1S/C49H84O12S/c1-3-5-7-9-11-13-15-17-19-21-22-23-24-26-28-30-32-34-36-38-45(51)59-43(42-58-49-47(53)48(61-62(54,55)56)46(52)44(40-50)60-49)41-57-39-37-35-33-31-29-27-25-20-18-16-14-12-10-8-6-4-2/h6,8,11-14,17-20,27,29,43-44,46-50,52-53H,3-5,7,9-10,15-16,21-26,28,30-42H2,1-2H3,(H,54,55,56)/b8-6-,13-11-,14-12-,19-17-,20-18-,29-27-. The van der Waals surface area contributed by atoms with Gasteiger partial charge in [-0.25, -0.2) is 4.18 Å². The smallest absolute Gasteiger partial charge is 0.397 e. The van der Waals surface area contributed by atoms with E-state index in [9.17, 15) is 28.5 Å². The first-order chi connectivity index (χ1) is 30.1. The number of carbonyl (C=O) groups excluding carboxylic acids is 1. The van der Waals surface area contributed by atoms with Gasteiger partial charge in [-0.3, -0.25) is 9.35 Å². The van der Waals surface area contributed by atoms with Crippen molar-refractivity contribution in [1.82, 2.24) is 0 Å². The summed E-state index contributed by atoms with van der Waals surface area (Å²) in [7, 11) is -5.07. The van der Waals surface area contributed by atoms with Crippen LogP contribution >= 0.6 is 0 Å². The highest BCUT2D eigenvalue weighted by Crippen LogP contribution is 2.26. The van der Waals surface area contributed by atoms with Crippen LogP contribution in [-0.4, -0.2) is 97.5 Å². The molecule has 62 heavy (non-hydrogen) atoms. The molecular formula is C49H84O12S. The Kier molecular flexibility index (Phi) is 37.2. The number of hydrogen-bond donors (Lipinski definition) is 4. The zero-order chi connectivity index (χ0) is 45.4. The minimum Gasteiger partial charge on any atom is -0.457 e. The molecule has 0 aliphatic carbocycles. The van der Waals surface area contributed by atoms with Crippen LogP contribution in [0.3, 0.4) is 0 Å². The van der Waals surface area contributed by atoms with Gasteiger partial charge in [-0.2, -0.15) is 8.42 Å². The largest absolute Gasteiger partial charge is 0.457 e. The maximum Gasteiger partial charge on any atom is 0.397 e. The van der Waals surface area contributed by atoms with Gasteiger partial charge in [0.2, 0.25) is 0 Å². The molecule has 1 aliphatic heterocycles. The first kappa shape index (κ1) is 57.6. The minimum atomic E-state index is -5.07. The third-order valence-electron chi connectivity index (χ3n) is 10.3. The summed E-state index contributed by atoms with van der Waals surface area (Å²) < 4.78 is 59.1.